The van der Waals surface area contributed by atoms with E-state index in [0.717, 1.165) is 12.8 Å². The van der Waals surface area contributed by atoms with E-state index in [1.807, 2.05) is 18.0 Å². The lowest BCUT2D eigenvalue weighted by Crippen LogP contribution is -2.23. The van der Waals surface area contributed by atoms with E-state index in [2.05, 4.69) is 9.55 Å². The molecule has 2 aliphatic heterocycles. The second kappa shape index (κ2) is 5.02. The Morgan fingerprint density at radius 1 is 1.35 bits per heavy atom. The molecule has 4 heteroatoms. The van der Waals surface area contributed by atoms with Gasteiger partial charge in [0, 0.05) is 11.9 Å². The molecule has 2 unspecified atom stereocenters. The van der Waals surface area contributed by atoms with E-state index in [0.29, 0.717) is 5.25 Å². The second-order valence-corrected chi connectivity index (χ2v) is 6.37. The molecular weight excluding hydrogens is 232 g/mol. The van der Waals surface area contributed by atoms with Crippen molar-refractivity contribution in [2.45, 2.75) is 49.8 Å². The van der Waals surface area contributed by atoms with Gasteiger partial charge in [-0.1, -0.05) is 6.42 Å². The standard InChI is InChI=1S/C13H20N2OS/c16-9-11-5-3-4-10-8-14-13(15(10)11)12-6-1-2-7-17-12/h8,11-12,16H,1-7,9H2. The molecule has 0 spiro atoms. The van der Waals surface area contributed by atoms with Crippen LogP contribution < -0.4 is 0 Å². The molecule has 0 saturated carbocycles. The first-order chi connectivity index (χ1) is 8.40. The zero-order chi connectivity index (χ0) is 11.7. The SMILES string of the molecule is OCC1CCCc2cnc(C3CCCCS3)n21. The topological polar surface area (TPSA) is 38.1 Å². The molecule has 2 aliphatic rings. The molecule has 0 bridgehead atoms. The fraction of sp³-hybridized carbons (Fsp3) is 0.769. The van der Waals surface area contributed by atoms with Crippen LogP contribution in [0, 0.1) is 0 Å². The number of hydrogen-bond acceptors (Lipinski definition) is 3. The Hall–Kier alpha value is -0.480. The maximum atomic E-state index is 9.52. The van der Waals surface area contributed by atoms with Crippen molar-refractivity contribution < 1.29 is 5.11 Å². The first-order valence-corrected chi connectivity index (χ1v) is 7.73. The molecule has 1 aromatic heterocycles. The van der Waals surface area contributed by atoms with Gasteiger partial charge in [0.25, 0.3) is 0 Å². The number of nitrogens with zero attached hydrogens (tertiary/aromatic N) is 2. The minimum Gasteiger partial charge on any atom is -0.394 e. The average Bonchev–Trinajstić information content (AvgIpc) is 2.83. The summed E-state index contributed by atoms with van der Waals surface area (Å²) in [6.45, 7) is 0.258. The summed E-state index contributed by atoms with van der Waals surface area (Å²) >= 11 is 2.04. The number of fused-ring (bicyclic) bond motifs is 1. The van der Waals surface area contributed by atoms with E-state index in [-0.39, 0.29) is 12.6 Å². The van der Waals surface area contributed by atoms with Crippen LogP contribution in [0.2, 0.25) is 0 Å². The van der Waals surface area contributed by atoms with E-state index in [1.54, 1.807) is 0 Å². The Labute approximate surface area is 107 Å². The smallest absolute Gasteiger partial charge is 0.122 e. The molecule has 1 saturated heterocycles. The maximum Gasteiger partial charge on any atom is 0.122 e. The van der Waals surface area contributed by atoms with Crippen molar-refractivity contribution >= 4 is 11.8 Å². The molecule has 0 radical (unpaired) electrons. The van der Waals surface area contributed by atoms with E-state index < -0.39 is 0 Å². The quantitative estimate of drug-likeness (QED) is 0.879. The van der Waals surface area contributed by atoms with Gasteiger partial charge in [0.2, 0.25) is 0 Å². The molecule has 3 heterocycles. The number of imidazole rings is 1. The Balaban J connectivity index is 1.91. The van der Waals surface area contributed by atoms with Crippen LogP contribution in [0.4, 0.5) is 0 Å². The summed E-state index contributed by atoms with van der Waals surface area (Å²) in [7, 11) is 0. The summed E-state index contributed by atoms with van der Waals surface area (Å²) in [4.78, 5) is 4.65. The van der Waals surface area contributed by atoms with Crippen LogP contribution in [0.1, 0.15) is 54.9 Å². The predicted molar refractivity (Wildman–Crippen MR) is 70.3 cm³/mol. The highest BCUT2D eigenvalue weighted by molar-refractivity contribution is 7.99. The largest absolute Gasteiger partial charge is 0.394 e. The molecule has 0 aromatic carbocycles. The van der Waals surface area contributed by atoms with Gasteiger partial charge in [-0.05, 0) is 37.9 Å². The summed E-state index contributed by atoms with van der Waals surface area (Å²) in [6, 6.07) is 0.277. The Kier molecular flexibility index (Phi) is 3.43. The first kappa shape index (κ1) is 11.6. The molecule has 3 nitrogen and oxygen atoms in total. The second-order valence-electron chi connectivity index (χ2n) is 5.06. The summed E-state index contributed by atoms with van der Waals surface area (Å²) in [5.74, 6) is 2.49. The van der Waals surface area contributed by atoms with Crippen molar-refractivity contribution in [3.05, 3.63) is 17.7 Å². The van der Waals surface area contributed by atoms with E-state index in [1.165, 1.54) is 43.0 Å². The number of aliphatic hydroxyl groups excluding tert-OH is 1. The fourth-order valence-corrected chi connectivity index (χ4v) is 4.33. The lowest BCUT2D eigenvalue weighted by molar-refractivity contribution is 0.204. The molecule has 0 amide bonds. The molecule has 1 aromatic rings. The summed E-state index contributed by atoms with van der Waals surface area (Å²) < 4.78 is 2.34. The molecule has 1 N–H and O–H groups in total. The highest BCUT2D eigenvalue weighted by atomic mass is 32.2. The predicted octanol–water partition coefficient (Wildman–Crippen LogP) is 2.71. The van der Waals surface area contributed by atoms with Crippen LogP contribution in [0.25, 0.3) is 0 Å². The summed E-state index contributed by atoms with van der Waals surface area (Å²) in [6.07, 6.45) is 9.37. The highest BCUT2D eigenvalue weighted by Crippen LogP contribution is 2.40. The molecule has 1 fully saturated rings. The van der Waals surface area contributed by atoms with Crippen molar-refractivity contribution in [1.29, 1.82) is 0 Å². The third-order valence-corrected chi connectivity index (χ3v) is 5.29. The number of aliphatic hydroxyl groups is 1. The average molecular weight is 252 g/mol. The van der Waals surface area contributed by atoms with Crippen LogP contribution in [0.15, 0.2) is 6.20 Å². The van der Waals surface area contributed by atoms with Gasteiger partial charge >= 0.3 is 0 Å². The van der Waals surface area contributed by atoms with Crippen molar-refractivity contribution in [3.63, 3.8) is 0 Å². The monoisotopic (exact) mass is 252 g/mol. The first-order valence-electron chi connectivity index (χ1n) is 6.68. The summed E-state index contributed by atoms with van der Waals surface area (Å²) in [5, 5.41) is 10.1. The van der Waals surface area contributed by atoms with Crippen molar-refractivity contribution in [1.82, 2.24) is 9.55 Å². The van der Waals surface area contributed by atoms with Gasteiger partial charge in [0.1, 0.15) is 5.82 Å². The van der Waals surface area contributed by atoms with E-state index in [9.17, 15) is 5.11 Å². The molecular formula is C13H20N2OS. The zero-order valence-electron chi connectivity index (χ0n) is 10.1. The van der Waals surface area contributed by atoms with E-state index >= 15 is 0 Å². The van der Waals surface area contributed by atoms with Gasteiger partial charge in [-0.25, -0.2) is 4.98 Å². The van der Waals surface area contributed by atoms with Gasteiger partial charge in [-0.3, -0.25) is 0 Å². The number of aromatic nitrogens is 2. The fourth-order valence-electron chi connectivity index (χ4n) is 3.02. The molecule has 2 atom stereocenters. The Morgan fingerprint density at radius 3 is 3.06 bits per heavy atom. The van der Waals surface area contributed by atoms with Gasteiger partial charge in [-0.15, -0.1) is 0 Å². The lowest BCUT2D eigenvalue weighted by Gasteiger charge is -2.29. The third kappa shape index (κ3) is 2.13. The van der Waals surface area contributed by atoms with Crippen LogP contribution in [0.3, 0.4) is 0 Å². The Bertz CT molecular complexity index is 385. The summed E-state index contributed by atoms with van der Waals surface area (Å²) in [5.41, 5.74) is 1.33. The van der Waals surface area contributed by atoms with Gasteiger partial charge < -0.3 is 9.67 Å². The number of rotatable bonds is 2. The number of thioether (sulfide) groups is 1. The molecule has 3 rings (SSSR count). The molecule has 94 valence electrons. The number of hydrogen-bond donors (Lipinski definition) is 1. The van der Waals surface area contributed by atoms with E-state index in [4.69, 9.17) is 0 Å². The Morgan fingerprint density at radius 2 is 2.29 bits per heavy atom. The molecule has 0 aliphatic carbocycles. The zero-order valence-corrected chi connectivity index (χ0v) is 11.0. The van der Waals surface area contributed by atoms with Crippen LogP contribution in [-0.2, 0) is 6.42 Å². The number of aryl methyl sites for hydroxylation is 1. The lowest BCUT2D eigenvalue weighted by atomic mass is 10.0. The molecule has 17 heavy (non-hydrogen) atoms. The highest BCUT2D eigenvalue weighted by Gasteiger charge is 2.27. The van der Waals surface area contributed by atoms with Crippen molar-refractivity contribution in [2.24, 2.45) is 0 Å². The van der Waals surface area contributed by atoms with Gasteiger partial charge in [-0.2, -0.15) is 11.8 Å². The maximum absolute atomic E-state index is 9.52. The normalized spacial score (nSPS) is 29.0. The van der Waals surface area contributed by atoms with Crippen molar-refractivity contribution in [2.75, 3.05) is 12.4 Å². The minimum atomic E-state index is 0.258. The van der Waals surface area contributed by atoms with Crippen LogP contribution >= 0.6 is 11.8 Å². The van der Waals surface area contributed by atoms with Crippen LogP contribution in [0.5, 0.6) is 0 Å². The van der Waals surface area contributed by atoms with Gasteiger partial charge in [0.05, 0.1) is 17.9 Å². The van der Waals surface area contributed by atoms with Gasteiger partial charge in [0.15, 0.2) is 0 Å². The third-order valence-electron chi connectivity index (χ3n) is 3.92. The van der Waals surface area contributed by atoms with Crippen LogP contribution in [-0.4, -0.2) is 27.0 Å². The van der Waals surface area contributed by atoms with Crippen molar-refractivity contribution in [3.8, 4) is 0 Å². The minimum absolute atomic E-state index is 0.258.